The van der Waals surface area contributed by atoms with Crippen molar-refractivity contribution in [1.82, 2.24) is 0 Å². The van der Waals surface area contributed by atoms with Gasteiger partial charge in [0.25, 0.3) is 0 Å². The lowest BCUT2D eigenvalue weighted by Crippen LogP contribution is -2.30. The molecular formula is C70H136O17P2. The van der Waals surface area contributed by atoms with Crippen LogP contribution in [-0.2, 0) is 65.4 Å². The lowest BCUT2D eigenvalue weighted by Gasteiger charge is -2.21. The third-order valence-electron chi connectivity index (χ3n) is 16.6. The van der Waals surface area contributed by atoms with Gasteiger partial charge in [-0.1, -0.05) is 305 Å². The Morgan fingerprint density at radius 3 is 0.854 bits per heavy atom. The molecule has 0 amide bonds. The zero-order valence-electron chi connectivity index (χ0n) is 57.7. The number of hydrogen-bond donors (Lipinski definition) is 3. The summed E-state index contributed by atoms with van der Waals surface area (Å²) in [4.78, 5) is 72.5. The summed E-state index contributed by atoms with van der Waals surface area (Å²) in [5.74, 6) is -0.676. The van der Waals surface area contributed by atoms with Crippen LogP contribution in [-0.4, -0.2) is 96.7 Å². The molecule has 0 aromatic rings. The predicted molar refractivity (Wildman–Crippen MR) is 358 cm³/mol. The molecule has 6 atom stereocenters. The van der Waals surface area contributed by atoms with E-state index in [-0.39, 0.29) is 25.7 Å². The van der Waals surface area contributed by atoms with Crippen LogP contribution >= 0.6 is 15.6 Å². The second-order valence-electron chi connectivity index (χ2n) is 26.0. The van der Waals surface area contributed by atoms with Crippen LogP contribution in [0.3, 0.4) is 0 Å². The van der Waals surface area contributed by atoms with Crippen LogP contribution in [0.5, 0.6) is 0 Å². The van der Waals surface area contributed by atoms with Gasteiger partial charge in [-0.15, -0.1) is 0 Å². The Hall–Kier alpha value is -1.94. The summed E-state index contributed by atoms with van der Waals surface area (Å²) in [6.45, 7) is 9.47. The van der Waals surface area contributed by atoms with Crippen LogP contribution in [0.4, 0.5) is 0 Å². The van der Waals surface area contributed by atoms with E-state index in [9.17, 15) is 43.2 Å². The molecule has 0 heterocycles. The van der Waals surface area contributed by atoms with Crippen molar-refractivity contribution in [2.75, 3.05) is 39.6 Å². The molecular weight excluding hydrogens is 1170 g/mol. The maximum Gasteiger partial charge on any atom is 0.472 e. The number of carbonyl (C=O) groups is 4. The van der Waals surface area contributed by atoms with E-state index in [0.717, 1.165) is 108 Å². The number of hydrogen-bond acceptors (Lipinski definition) is 15. The molecule has 19 heteroatoms. The number of phosphoric acid groups is 2. The van der Waals surface area contributed by atoms with Gasteiger partial charge in [-0.25, -0.2) is 9.13 Å². The summed E-state index contributed by atoms with van der Waals surface area (Å²) in [5.41, 5.74) is 0. The molecule has 3 N–H and O–H groups in total. The normalized spacial score (nSPS) is 14.4. The number of unbranched alkanes of at least 4 members (excludes halogenated alkanes) is 38. The molecule has 0 bridgehead atoms. The number of rotatable bonds is 69. The van der Waals surface area contributed by atoms with Gasteiger partial charge < -0.3 is 33.8 Å². The van der Waals surface area contributed by atoms with Gasteiger partial charge in [0.1, 0.15) is 19.3 Å². The Morgan fingerprint density at radius 2 is 0.573 bits per heavy atom. The first-order valence-electron chi connectivity index (χ1n) is 36.5. The summed E-state index contributed by atoms with van der Waals surface area (Å²) in [6.07, 6.45) is 47.2. The number of phosphoric ester groups is 2. The fraction of sp³-hybridized carbons (Fsp3) is 0.943. The van der Waals surface area contributed by atoms with Crippen molar-refractivity contribution >= 4 is 39.5 Å². The first-order chi connectivity index (χ1) is 42.9. The summed E-state index contributed by atoms with van der Waals surface area (Å²) >= 11 is 0. The van der Waals surface area contributed by atoms with Crippen LogP contribution in [0.15, 0.2) is 0 Å². The van der Waals surface area contributed by atoms with Gasteiger partial charge in [0, 0.05) is 25.7 Å². The lowest BCUT2D eigenvalue weighted by molar-refractivity contribution is -0.161. The van der Waals surface area contributed by atoms with Crippen LogP contribution in [0.2, 0.25) is 0 Å². The summed E-state index contributed by atoms with van der Waals surface area (Å²) < 4.78 is 68.3. The van der Waals surface area contributed by atoms with Crippen molar-refractivity contribution < 1.29 is 80.2 Å². The number of carbonyl (C=O) groups excluding carboxylic acids is 4. The van der Waals surface area contributed by atoms with Crippen molar-refractivity contribution in [2.45, 2.75) is 374 Å². The Balaban J connectivity index is 5.25. The minimum Gasteiger partial charge on any atom is -0.462 e. The second kappa shape index (κ2) is 62.2. The van der Waals surface area contributed by atoms with Crippen molar-refractivity contribution in [3.05, 3.63) is 0 Å². The third kappa shape index (κ3) is 63.2. The number of aliphatic hydroxyl groups excluding tert-OH is 1. The number of esters is 4. The van der Waals surface area contributed by atoms with E-state index in [1.807, 2.05) is 0 Å². The van der Waals surface area contributed by atoms with Crippen LogP contribution in [0, 0.1) is 11.8 Å². The summed E-state index contributed by atoms with van der Waals surface area (Å²) in [5, 5.41) is 10.6. The Labute approximate surface area is 543 Å². The highest BCUT2D eigenvalue weighted by Gasteiger charge is 2.30. The maximum absolute atomic E-state index is 13.0. The Bertz CT molecular complexity index is 1740. The minimum atomic E-state index is -4.95. The van der Waals surface area contributed by atoms with Gasteiger partial charge in [-0.3, -0.25) is 37.3 Å². The molecule has 528 valence electrons. The molecule has 0 aromatic carbocycles. The van der Waals surface area contributed by atoms with E-state index in [4.69, 9.17) is 37.0 Å². The van der Waals surface area contributed by atoms with Gasteiger partial charge in [0.05, 0.1) is 26.4 Å². The molecule has 0 aromatic heterocycles. The minimum absolute atomic E-state index is 0.104. The van der Waals surface area contributed by atoms with Gasteiger partial charge in [0.2, 0.25) is 0 Å². The van der Waals surface area contributed by atoms with E-state index in [1.54, 1.807) is 0 Å². The van der Waals surface area contributed by atoms with E-state index < -0.39 is 97.5 Å². The Kier molecular flexibility index (Phi) is 60.8. The van der Waals surface area contributed by atoms with Gasteiger partial charge in [-0.05, 0) is 37.5 Å². The van der Waals surface area contributed by atoms with Crippen molar-refractivity contribution in [2.24, 2.45) is 11.8 Å². The number of ether oxygens (including phenoxy) is 4. The standard InChI is InChI=1S/C70H136O17P2/c1-7-10-12-14-16-18-20-22-24-26-28-33-40-46-52-67(72)80-58-65(86-69(74)54-48-42-34-29-27-25-23-21-19-17-15-13-11-8-2)60-84-88(76,77)82-56-64(71)57-83-89(78,79)85-61-66(59-81-68(73)53-47-41-37-36-39-45-51-63(6)9-3)87-70(75)55-49-43-35-31-30-32-38-44-50-62(4)5/h62-66,71H,7-61H2,1-6H3,(H,76,77)(H,78,79)/t63?,64-,65-,66-/m1/s1. The highest BCUT2D eigenvalue weighted by atomic mass is 31.2. The lowest BCUT2D eigenvalue weighted by atomic mass is 10.00. The highest BCUT2D eigenvalue weighted by Crippen LogP contribution is 2.45. The largest absolute Gasteiger partial charge is 0.472 e. The average molecular weight is 1310 g/mol. The van der Waals surface area contributed by atoms with Crippen molar-refractivity contribution in [3.8, 4) is 0 Å². The van der Waals surface area contributed by atoms with Gasteiger partial charge in [0.15, 0.2) is 12.2 Å². The molecule has 17 nitrogen and oxygen atoms in total. The quantitative estimate of drug-likeness (QED) is 0.0222. The van der Waals surface area contributed by atoms with E-state index >= 15 is 0 Å². The van der Waals surface area contributed by atoms with Crippen molar-refractivity contribution in [1.29, 1.82) is 0 Å². The van der Waals surface area contributed by atoms with Gasteiger partial charge in [-0.2, -0.15) is 0 Å². The zero-order valence-corrected chi connectivity index (χ0v) is 59.5. The van der Waals surface area contributed by atoms with E-state index in [2.05, 4.69) is 41.5 Å². The zero-order chi connectivity index (χ0) is 65.7. The topological polar surface area (TPSA) is 237 Å². The molecule has 0 radical (unpaired) electrons. The van der Waals surface area contributed by atoms with E-state index in [1.165, 1.54) is 167 Å². The summed E-state index contributed by atoms with van der Waals surface area (Å²) in [6, 6.07) is 0. The molecule has 3 unspecified atom stereocenters. The molecule has 0 rings (SSSR count). The summed E-state index contributed by atoms with van der Waals surface area (Å²) in [7, 11) is -9.90. The molecule has 0 aliphatic heterocycles. The fourth-order valence-electron chi connectivity index (χ4n) is 10.6. The first-order valence-corrected chi connectivity index (χ1v) is 39.5. The Morgan fingerprint density at radius 1 is 0.326 bits per heavy atom. The monoisotopic (exact) mass is 1310 g/mol. The van der Waals surface area contributed by atoms with Crippen LogP contribution in [0.25, 0.3) is 0 Å². The second-order valence-corrected chi connectivity index (χ2v) is 28.9. The molecule has 0 fully saturated rings. The molecule has 0 aliphatic rings. The average Bonchev–Trinajstić information content (AvgIpc) is 3.71. The number of aliphatic hydroxyl groups is 1. The van der Waals surface area contributed by atoms with Gasteiger partial charge >= 0.3 is 39.5 Å². The van der Waals surface area contributed by atoms with E-state index in [0.29, 0.717) is 25.7 Å². The third-order valence-corrected chi connectivity index (χ3v) is 18.5. The van der Waals surface area contributed by atoms with Crippen LogP contribution < -0.4 is 0 Å². The van der Waals surface area contributed by atoms with Crippen molar-refractivity contribution in [3.63, 3.8) is 0 Å². The first kappa shape index (κ1) is 87.1. The molecule has 89 heavy (non-hydrogen) atoms. The SMILES string of the molecule is CCCCCCCCCCCCCCCCC(=O)OC[C@H](COP(=O)(O)OC[C@@H](O)COP(=O)(O)OC[C@@H](COC(=O)CCCCCCCCC(C)CC)OC(=O)CCCCCCCCCCC(C)C)OC(=O)CCCCCCCCCCCCCCCC. The maximum atomic E-state index is 13.0. The molecule has 0 spiro atoms. The highest BCUT2D eigenvalue weighted by molar-refractivity contribution is 7.47. The fourth-order valence-corrected chi connectivity index (χ4v) is 12.1. The molecule has 0 saturated carbocycles. The van der Waals surface area contributed by atoms with Crippen LogP contribution in [0.1, 0.15) is 356 Å². The molecule has 0 saturated heterocycles. The molecule has 0 aliphatic carbocycles. The predicted octanol–water partition coefficient (Wildman–Crippen LogP) is 20.0. The smallest absolute Gasteiger partial charge is 0.462 e.